The van der Waals surface area contributed by atoms with Crippen LogP contribution in [0.5, 0.6) is 0 Å². The molecule has 0 fully saturated rings. The average Bonchev–Trinajstić information content (AvgIpc) is 2.43. The Morgan fingerprint density at radius 1 is 1.25 bits per heavy atom. The molecule has 0 saturated heterocycles. The van der Waals surface area contributed by atoms with Crippen molar-refractivity contribution in [1.29, 1.82) is 0 Å². The average molecular weight is 300 g/mol. The molecular weight excluding hydrogens is 284 g/mol. The van der Waals surface area contributed by atoms with Gasteiger partial charge in [0, 0.05) is 0 Å². The van der Waals surface area contributed by atoms with E-state index >= 15 is 0 Å². The number of carbonyl (C=O) groups is 2. The van der Waals surface area contributed by atoms with Gasteiger partial charge in [-0.1, -0.05) is 30.3 Å². The molecule has 1 rings (SSSR count). The van der Waals surface area contributed by atoms with Gasteiger partial charge < -0.3 is 10.4 Å². The van der Waals surface area contributed by atoms with Crippen LogP contribution in [-0.2, 0) is 19.6 Å². The Balaban J connectivity index is 2.68. The Kier molecular flexibility index (Phi) is 5.66. The number of hydrogen-bond acceptors (Lipinski definition) is 4. The van der Waals surface area contributed by atoms with Gasteiger partial charge >= 0.3 is 5.97 Å². The van der Waals surface area contributed by atoms with E-state index in [1.807, 2.05) is 0 Å². The quantitative estimate of drug-likeness (QED) is 0.649. The summed E-state index contributed by atoms with van der Waals surface area (Å²) in [6.45, 7) is 0.942. The monoisotopic (exact) mass is 300 g/mol. The predicted octanol–water partition coefficient (Wildman–Crippen LogP) is -0.132. The standard InChI is InChI=1S/C12H16N2O5S/c1-2-20(18,19)13-8-10(15)14-11(12(16)17)9-6-4-3-5-7-9/h3-7,11,13H,2,8H2,1H3,(H,14,15)(H,16,17)/t11-/m0/s1. The van der Waals surface area contributed by atoms with E-state index in [2.05, 4.69) is 10.0 Å². The molecule has 20 heavy (non-hydrogen) atoms. The molecule has 1 aromatic rings. The summed E-state index contributed by atoms with van der Waals surface area (Å²) in [5.41, 5.74) is 0.409. The van der Waals surface area contributed by atoms with Gasteiger partial charge in [0.2, 0.25) is 15.9 Å². The molecule has 1 amide bonds. The first-order valence-corrected chi connectivity index (χ1v) is 7.55. The van der Waals surface area contributed by atoms with Gasteiger partial charge in [0.15, 0.2) is 6.04 Å². The summed E-state index contributed by atoms with van der Waals surface area (Å²) >= 11 is 0. The second kappa shape index (κ2) is 7.01. The highest BCUT2D eigenvalue weighted by Crippen LogP contribution is 2.12. The van der Waals surface area contributed by atoms with E-state index in [-0.39, 0.29) is 5.75 Å². The van der Waals surface area contributed by atoms with Crippen molar-refractivity contribution in [1.82, 2.24) is 10.0 Å². The van der Waals surface area contributed by atoms with Crippen molar-refractivity contribution >= 4 is 21.9 Å². The Labute approximate surface area is 117 Å². The van der Waals surface area contributed by atoms with Crippen LogP contribution in [0.25, 0.3) is 0 Å². The van der Waals surface area contributed by atoms with E-state index < -0.39 is 34.5 Å². The van der Waals surface area contributed by atoms with Crippen LogP contribution in [0.3, 0.4) is 0 Å². The van der Waals surface area contributed by atoms with Crippen molar-refractivity contribution in [3.8, 4) is 0 Å². The summed E-state index contributed by atoms with van der Waals surface area (Å²) in [7, 11) is -3.49. The summed E-state index contributed by atoms with van der Waals surface area (Å²) in [5.74, 6) is -2.08. The maximum absolute atomic E-state index is 11.6. The summed E-state index contributed by atoms with van der Waals surface area (Å²) in [6, 6.07) is 6.94. The summed E-state index contributed by atoms with van der Waals surface area (Å²) < 4.78 is 24.4. The van der Waals surface area contributed by atoms with Gasteiger partial charge in [-0.25, -0.2) is 17.9 Å². The number of carboxylic acids is 1. The van der Waals surface area contributed by atoms with E-state index in [1.54, 1.807) is 30.3 Å². The maximum Gasteiger partial charge on any atom is 0.330 e. The SMILES string of the molecule is CCS(=O)(=O)NCC(=O)N[C@H](C(=O)O)c1ccccc1. The van der Waals surface area contributed by atoms with Crippen molar-refractivity contribution in [2.75, 3.05) is 12.3 Å². The van der Waals surface area contributed by atoms with Crippen molar-refractivity contribution in [3.63, 3.8) is 0 Å². The van der Waals surface area contributed by atoms with Gasteiger partial charge in [-0.2, -0.15) is 0 Å². The Bertz CT molecular complexity index is 571. The number of carbonyl (C=O) groups excluding carboxylic acids is 1. The molecule has 0 radical (unpaired) electrons. The lowest BCUT2D eigenvalue weighted by Crippen LogP contribution is -2.41. The van der Waals surface area contributed by atoms with Crippen LogP contribution in [0, 0.1) is 0 Å². The molecule has 0 heterocycles. The number of nitrogens with one attached hydrogen (secondary N) is 2. The van der Waals surface area contributed by atoms with Gasteiger partial charge in [-0.15, -0.1) is 0 Å². The molecule has 0 bridgehead atoms. The smallest absolute Gasteiger partial charge is 0.330 e. The molecule has 0 unspecified atom stereocenters. The van der Waals surface area contributed by atoms with Gasteiger partial charge in [0.1, 0.15) is 0 Å². The van der Waals surface area contributed by atoms with Gasteiger partial charge in [-0.05, 0) is 12.5 Å². The third-order valence-electron chi connectivity index (χ3n) is 2.52. The highest BCUT2D eigenvalue weighted by atomic mass is 32.2. The third kappa shape index (κ3) is 4.98. The second-order valence-electron chi connectivity index (χ2n) is 3.97. The molecule has 1 aromatic carbocycles. The first kappa shape index (κ1) is 16.1. The fourth-order valence-electron chi connectivity index (χ4n) is 1.42. The normalized spacial score (nSPS) is 12.7. The molecule has 0 aliphatic carbocycles. The first-order valence-electron chi connectivity index (χ1n) is 5.90. The molecular formula is C12H16N2O5S. The lowest BCUT2D eigenvalue weighted by Gasteiger charge is -2.15. The zero-order valence-electron chi connectivity index (χ0n) is 10.9. The van der Waals surface area contributed by atoms with Crippen molar-refractivity contribution in [2.24, 2.45) is 0 Å². The minimum atomic E-state index is -3.49. The van der Waals surface area contributed by atoms with E-state index in [1.165, 1.54) is 6.92 Å². The number of aliphatic carboxylic acids is 1. The van der Waals surface area contributed by atoms with Crippen molar-refractivity contribution < 1.29 is 23.1 Å². The highest BCUT2D eigenvalue weighted by molar-refractivity contribution is 7.89. The van der Waals surface area contributed by atoms with E-state index in [0.717, 1.165) is 0 Å². The molecule has 1 atom stereocenters. The maximum atomic E-state index is 11.6. The summed E-state index contributed by atoms with van der Waals surface area (Å²) in [4.78, 5) is 22.7. The Hall–Kier alpha value is -1.93. The molecule has 0 spiro atoms. The Morgan fingerprint density at radius 3 is 2.35 bits per heavy atom. The lowest BCUT2D eigenvalue weighted by molar-refractivity contribution is -0.141. The van der Waals surface area contributed by atoms with Gasteiger partial charge in [0.05, 0.1) is 12.3 Å². The highest BCUT2D eigenvalue weighted by Gasteiger charge is 2.22. The molecule has 3 N–H and O–H groups in total. The fourth-order valence-corrected chi connectivity index (χ4v) is 1.98. The van der Waals surface area contributed by atoms with Crippen LogP contribution in [-0.4, -0.2) is 37.7 Å². The number of benzene rings is 1. The third-order valence-corrected chi connectivity index (χ3v) is 3.86. The van der Waals surface area contributed by atoms with Crippen molar-refractivity contribution in [3.05, 3.63) is 35.9 Å². The number of amides is 1. The minimum absolute atomic E-state index is 0.151. The number of hydrogen-bond donors (Lipinski definition) is 3. The molecule has 0 aliphatic rings. The van der Waals surface area contributed by atoms with Crippen LogP contribution in [0.4, 0.5) is 0 Å². The zero-order chi connectivity index (χ0) is 15.2. The van der Waals surface area contributed by atoms with Gasteiger partial charge in [-0.3, -0.25) is 4.79 Å². The summed E-state index contributed by atoms with van der Waals surface area (Å²) in [5, 5.41) is 11.4. The van der Waals surface area contributed by atoms with Crippen LogP contribution in [0.2, 0.25) is 0 Å². The summed E-state index contributed by atoms with van der Waals surface area (Å²) in [6.07, 6.45) is 0. The molecule has 8 heteroatoms. The van der Waals surface area contributed by atoms with E-state index in [4.69, 9.17) is 5.11 Å². The van der Waals surface area contributed by atoms with Crippen LogP contribution in [0.1, 0.15) is 18.5 Å². The fraction of sp³-hybridized carbons (Fsp3) is 0.333. The van der Waals surface area contributed by atoms with E-state index in [9.17, 15) is 18.0 Å². The Morgan fingerprint density at radius 2 is 1.85 bits per heavy atom. The van der Waals surface area contributed by atoms with Gasteiger partial charge in [0.25, 0.3) is 0 Å². The molecule has 7 nitrogen and oxygen atoms in total. The molecule has 0 saturated carbocycles. The second-order valence-corrected chi connectivity index (χ2v) is 6.07. The van der Waals surface area contributed by atoms with Crippen LogP contribution in [0.15, 0.2) is 30.3 Å². The molecule has 110 valence electrons. The molecule has 0 aromatic heterocycles. The number of sulfonamides is 1. The first-order chi connectivity index (χ1) is 9.35. The largest absolute Gasteiger partial charge is 0.479 e. The molecule has 0 aliphatic heterocycles. The van der Waals surface area contributed by atoms with Crippen LogP contribution < -0.4 is 10.0 Å². The minimum Gasteiger partial charge on any atom is -0.479 e. The zero-order valence-corrected chi connectivity index (χ0v) is 11.7. The number of rotatable bonds is 7. The van der Waals surface area contributed by atoms with Crippen LogP contribution >= 0.6 is 0 Å². The predicted molar refractivity (Wildman–Crippen MR) is 72.4 cm³/mol. The lowest BCUT2D eigenvalue weighted by atomic mass is 10.1. The van der Waals surface area contributed by atoms with Crippen molar-refractivity contribution in [2.45, 2.75) is 13.0 Å². The number of carboxylic acid groups (broad SMARTS) is 1. The van der Waals surface area contributed by atoms with E-state index in [0.29, 0.717) is 5.56 Å². The topological polar surface area (TPSA) is 113 Å².